The molecule has 294 valence electrons. The molecule has 3 N–H and O–H groups in total. The third-order valence-corrected chi connectivity index (χ3v) is 10.9. The molecule has 8 rings (SSSR count). The number of nitrogens with zero attached hydrogens (tertiary/aromatic N) is 3. The number of hydrogen-bond donors (Lipinski definition) is 3. The number of likely N-dealkylation sites (tertiary alicyclic amines) is 2. The van der Waals surface area contributed by atoms with Crippen LogP contribution < -0.4 is 15.4 Å². The third kappa shape index (κ3) is 7.76. The molecule has 12 nitrogen and oxygen atoms in total. The van der Waals surface area contributed by atoms with Gasteiger partial charge in [-0.2, -0.15) is 0 Å². The number of pyridine rings is 1. The highest BCUT2D eigenvalue weighted by Crippen LogP contribution is 2.33. The summed E-state index contributed by atoms with van der Waals surface area (Å²) in [4.78, 5) is 61.1. The van der Waals surface area contributed by atoms with Gasteiger partial charge in [-0.3, -0.25) is 19.2 Å². The summed E-state index contributed by atoms with van der Waals surface area (Å²) in [7, 11) is 1.55. The molecule has 6 aromatic rings. The first-order chi connectivity index (χ1) is 28.2. The van der Waals surface area contributed by atoms with Crippen molar-refractivity contribution in [3.63, 3.8) is 0 Å². The van der Waals surface area contributed by atoms with Gasteiger partial charge in [-0.1, -0.05) is 54.1 Å². The molecule has 0 spiro atoms. The molecule has 0 saturated carbocycles. The van der Waals surface area contributed by atoms with Crippen molar-refractivity contribution < 1.29 is 33.4 Å². The van der Waals surface area contributed by atoms with Gasteiger partial charge in [0, 0.05) is 46.4 Å². The number of halogens is 1. The van der Waals surface area contributed by atoms with Crippen LogP contribution in [0, 0.1) is 0 Å². The lowest BCUT2D eigenvalue weighted by molar-refractivity contribution is -0.144. The normalized spacial score (nSPS) is 16.9. The molecule has 2 aromatic heterocycles. The summed E-state index contributed by atoms with van der Waals surface area (Å²) in [6.45, 7) is 0.814. The third-order valence-electron chi connectivity index (χ3n) is 10.7. The quantitative estimate of drug-likeness (QED) is 0.119. The number of benzene rings is 4. The summed E-state index contributed by atoms with van der Waals surface area (Å²) in [6, 6.07) is 32.6. The molecular weight excluding hydrogens is 758 g/mol. The number of furan rings is 1. The van der Waals surface area contributed by atoms with E-state index in [0.29, 0.717) is 83.8 Å². The molecular formula is C45H40ClN5O7. The molecule has 2 saturated heterocycles. The van der Waals surface area contributed by atoms with Crippen LogP contribution in [0.1, 0.15) is 47.8 Å². The number of nitrogens with one attached hydrogen (secondary N) is 2. The van der Waals surface area contributed by atoms with E-state index in [1.165, 1.54) is 4.90 Å². The Morgan fingerprint density at radius 2 is 1.31 bits per heavy atom. The van der Waals surface area contributed by atoms with Crippen molar-refractivity contribution in [1.82, 2.24) is 14.8 Å². The van der Waals surface area contributed by atoms with E-state index in [2.05, 4.69) is 15.6 Å². The van der Waals surface area contributed by atoms with Gasteiger partial charge in [0.15, 0.2) is 6.10 Å². The summed E-state index contributed by atoms with van der Waals surface area (Å²) in [5.41, 5.74) is 3.41. The van der Waals surface area contributed by atoms with Gasteiger partial charge in [-0.05, 0) is 104 Å². The zero-order valence-electron chi connectivity index (χ0n) is 31.6. The lowest BCUT2D eigenvalue weighted by Gasteiger charge is -2.26. The van der Waals surface area contributed by atoms with E-state index in [1.807, 2.05) is 42.5 Å². The van der Waals surface area contributed by atoms with E-state index >= 15 is 0 Å². The molecule has 13 heteroatoms. The predicted molar refractivity (Wildman–Crippen MR) is 220 cm³/mol. The maximum atomic E-state index is 13.8. The minimum absolute atomic E-state index is 0.160. The Morgan fingerprint density at radius 1 is 0.741 bits per heavy atom. The average molecular weight is 798 g/mol. The van der Waals surface area contributed by atoms with Gasteiger partial charge < -0.3 is 34.7 Å². The van der Waals surface area contributed by atoms with E-state index in [1.54, 1.807) is 84.8 Å². The molecule has 4 aromatic carbocycles. The fourth-order valence-corrected chi connectivity index (χ4v) is 7.94. The number of aliphatic hydroxyl groups excluding tert-OH is 1. The fourth-order valence-electron chi connectivity index (χ4n) is 7.75. The van der Waals surface area contributed by atoms with Crippen molar-refractivity contribution >= 4 is 57.4 Å². The minimum atomic E-state index is -1.33. The fraction of sp³-hybridized carbons (Fsp3) is 0.222. The number of aromatic nitrogens is 1. The lowest BCUT2D eigenvalue weighted by Crippen LogP contribution is -2.45. The topological polar surface area (TPSA) is 154 Å². The highest BCUT2D eigenvalue weighted by Gasteiger charge is 2.38. The van der Waals surface area contributed by atoms with Crippen LogP contribution in [-0.4, -0.2) is 75.8 Å². The summed E-state index contributed by atoms with van der Waals surface area (Å²) in [6.07, 6.45) is 1.04. The van der Waals surface area contributed by atoms with Crippen molar-refractivity contribution in [2.45, 2.75) is 43.9 Å². The molecule has 2 aliphatic heterocycles. The van der Waals surface area contributed by atoms with Crippen LogP contribution >= 0.6 is 11.6 Å². The number of carbonyl (C=O) groups excluding carboxylic acids is 4. The summed E-state index contributed by atoms with van der Waals surface area (Å²) in [5, 5.41) is 18.0. The van der Waals surface area contributed by atoms with Gasteiger partial charge in [-0.25, -0.2) is 4.98 Å². The first kappa shape index (κ1) is 38.4. The highest BCUT2D eigenvalue weighted by atomic mass is 35.5. The SMILES string of the molecule is COc1cccc2c(C(=O)N3CCC[C@H]3C(=O)Nc3ccc(-c4ccc(-c5ccc(NC(=O)[C@@H]6CCCN6C(=O)[C@H](O)c6ccccc6)cc5)o4)cc3)nc(Cl)cc12. The van der Waals surface area contributed by atoms with E-state index in [0.717, 1.165) is 11.1 Å². The Hall–Kier alpha value is -6.50. The number of carbonyl (C=O) groups is 4. The van der Waals surface area contributed by atoms with Gasteiger partial charge in [0.1, 0.15) is 40.2 Å². The Bertz CT molecular complexity index is 2490. The van der Waals surface area contributed by atoms with E-state index < -0.39 is 24.1 Å². The van der Waals surface area contributed by atoms with Crippen molar-refractivity contribution in [3.8, 4) is 28.4 Å². The van der Waals surface area contributed by atoms with E-state index in [4.69, 9.17) is 20.8 Å². The molecule has 2 fully saturated rings. The van der Waals surface area contributed by atoms with Gasteiger partial charge in [0.2, 0.25) is 11.8 Å². The molecule has 0 aliphatic carbocycles. The second-order valence-electron chi connectivity index (χ2n) is 14.3. The number of rotatable bonds is 10. The molecule has 0 radical (unpaired) electrons. The largest absolute Gasteiger partial charge is 0.496 e. The predicted octanol–water partition coefficient (Wildman–Crippen LogP) is 7.73. The average Bonchev–Trinajstić information content (AvgIpc) is 4.06. The first-order valence-electron chi connectivity index (χ1n) is 19.1. The molecule has 4 amide bonds. The second kappa shape index (κ2) is 16.5. The Morgan fingerprint density at radius 3 is 1.90 bits per heavy atom. The smallest absolute Gasteiger partial charge is 0.273 e. The van der Waals surface area contributed by atoms with Crippen LogP contribution in [0.25, 0.3) is 33.4 Å². The summed E-state index contributed by atoms with van der Waals surface area (Å²) < 4.78 is 11.7. The summed E-state index contributed by atoms with van der Waals surface area (Å²) in [5.74, 6) is 0.366. The maximum absolute atomic E-state index is 13.8. The molecule has 3 atom stereocenters. The first-order valence-corrected chi connectivity index (χ1v) is 19.5. The van der Waals surface area contributed by atoms with Crippen molar-refractivity contribution in [3.05, 3.63) is 132 Å². The van der Waals surface area contributed by atoms with Gasteiger partial charge in [0.25, 0.3) is 11.8 Å². The number of anilines is 2. The Balaban J connectivity index is 0.881. The highest BCUT2D eigenvalue weighted by molar-refractivity contribution is 6.30. The Labute approximate surface area is 339 Å². The maximum Gasteiger partial charge on any atom is 0.273 e. The van der Waals surface area contributed by atoms with Crippen LogP contribution in [0.2, 0.25) is 5.15 Å². The zero-order chi connectivity index (χ0) is 40.3. The number of amides is 4. The number of fused-ring (bicyclic) bond motifs is 1. The van der Waals surface area contributed by atoms with Crippen LogP contribution in [-0.2, 0) is 14.4 Å². The van der Waals surface area contributed by atoms with Crippen LogP contribution in [0.5, 0.6) is 5.75 Å². The van der Waals surface area contributed by atoms with E-state index in [-0.39, 0.29) is 28.6 Å². The van der Waals surface area contributed by atoms with Gasteiger partial charge in [0.05, 0.1) is 7.11 Å². The number of ether oxygens (including phenoxy) is 1. The van der Waals surface area contributed by atoms with Crippen LogP contribution in [0.4, 0.5) is 11.4 Å². The molecule has 0 unspecified atom stereocenters. The van der Waals surface area contributed by atoms with Gasteiger partial charge >= 0.3 is 0 Å². The number of aliphatic hydroxyl groups is 1. The van der Waals surface area contributed by atoms with E-state index in [9.17, 15) is 24.3 Å². The van der Waals surface area contributed by atoms with Gasteiger partial charge in [-0.15, -0.1) is 0 Å². The molecule has 58 heavy (non-hydrogen) atoms. The monoisotopic (exact) mass is 797 g/mol. The lowest BCUT2D eigenvalue weighted by atomic mass is 10.1. The zero-order valence-corrected chi connectivity index (χ0v) is 32.3. The van der Waals surface area contributed by atoms with Crippen molar-refractivity contribution in [2.75, 3.05) is 30.8 Å². The van der Waals surface area contributed by atoms with Crippen LogP contribution in [0.15, 0.2) is 120 Å². The number of hydrogen-bond acceptors (Lipinski definition) is 8. The Kier molecular flexibility index (Phi) is 10.9. The summed E-state index contributed by atoms with van der Waals surface area (Å²) >= 11 is 6.32. The molecule has 2 aliphatic rings. The van der Waals surface area contributed by atoms with Crippen molar-refractivity contribution in [1.29, 1.82) is 0 Å². The van der Waals surface area contributed by atoms with Crippen LogP contribution in [0.3, 0.4) is 0 Å². The second-order valence-corrected chi connectivity index (χ2v) is 14.7. The van der Waals surface area contributed by atoms with Crippen molar-refractivity contribution in [2.24, 2.45) is 0 Å². The molecule has 4 heterocycles. The molecule has 0 bridgehead atoms. The number of methoxy groups -OCH3 is 1. The minimum Gasteiger partial charge on any atom is -0.496 e. The standard InChI is InChI=1S/C45H40ClN5O7/c1-57-38-13-5-10-32-33(38)26-39(46)49-40(32)44(55)50-24-6-11-34(50)42(53)47-30-18-14-27(15-19-30)36-22-23-37(58-36)28-16-20-31(21-17-28)48-43(54)35-12-7-25-51(35)45(56)41(52)29-8-3-2-4-9-29/h2-5,8-10,13-23,26,34-35,41,52H,6-7,11-12,24-25H2,1H3,(H,47,53)(H,48,54)/t34-,35-,41+/m0/s1.